The second-order valence-corrected chi connectivity index (χ2v) is 7.84. The lowest BCUT2D eigenvalue weighted by Crippen LogP contribution is -2.35. The highest BCUT2D eigenvalue weighted by atomic mass is 127. The van der Waals surface area contributed by atoms with Crippen molar-refractivity contribution < 1.29 is 12.8 Å². The summed E-state index contributed by atoms with van der Waals surface area (Å²) in [6, 6.07) is 2.67. The Morgan fingerprint density at radius 1 is 1.44 bits per heavy atom. The summed E-state index contributed by atoms with van der Waals surface area (Å²) in [6.07, 6.45) is 1.39. The number of nitrogen functional groups attached to an aromatic ring is 1. The quantitative estimate of drug-likeness (QED) is 0.605. The Hall–Kier alpha value is -0.570. The molecule has 1 heterocycles. The van der Waals surface area contributed by atoms with Gasteiger partial charge in [0, 0.05) is 12.1 Å². The molecule has 0 amide bonds. The first kappa shape index (κ1) is 13.9. The minimum atomic E-state index is -2.98. The normalized spacial score (nSPS) is 22.7. The molecule has 1 saturated heterocycles. The maximum atomic E-state index is 13.4. The first-order valence-electron chi connectivity index (χ1n) is 5.59. The van der Waals surface area contributed by atoms with Crippen molar-refractivity contribution in [3.63, 3.8) is 0 Å². The van der Waals surface area contributed by atoms with Crippen LogP contribution in [0.3, 0.4) is 0 Å². The molecule has 1 aromatic carbocycles. The van der Waals surface area contributed by atoms with Crippen LogP contribution in [-0.4, -0.2) is 26.0 Å². The molecule has 7 heteroatoms. The number of nitrogens with two attached hydrogens (primary N) is 1. The van der Waals surface area contributed by atoms with Crippen molar-refractivity contribution in [2.75, 3.05) is 22.6 Å². The fourth-order valence-corrected chi connectivity index (χ4v) is 4.17. The summed E-state index contributed by atoms with van der Waals surface area (Å²) in [4.78, 5) is 0. The van der Waals surface area contributed by atoms with Crippen LogP contribution >= 0.6 is 22.6 Å². The summed E-state index contributed by atoms with van der Waals surface area (Å²) in [5, 5.41) is 3.03. The predicted molar refractivity (Wildman–Crippen MR) is 78.8 cm³/mol. The van der Waals surface area contributed by atoms with Gasteiger partial charge in [-0.15, -0.1) is 0 Å². The van der Waals surface area contributed by atoms with Crippen molar-refractivity contribution >= 4 is 43.8 Å². The molecule has 0 spiro atoms. The van der Waals surface area contributed by atoms with Crippen molar-refractivity contribution in [2.45, 2.75) is 18.9 Å². The number of hydrogen-bond donors (Lipinski definition) is 2. The van der Waals surface area contributed by atoms with Crippen LogP contribution in [0.1, 0.15) is 12.8 Å². The van der Waals surface area contributed by atoms with Crippen LogP contribution in [0, 0.1) is 9.39 Å². The molecule has 100 valence electrons. The van der Waals surface area contributed by atoms with Crippen LogP contribution < -0.4 is 11.1 Å². The highest BCUT2D eigenvalue weighted by molar-refractivity contribution is 14.1. The second kappa shape index (κ2) is 5.20. The average molecular weight is 384 g/mol. The van der Waals surface area contributed by atoms with Crippen molar-refractivity contribution in [1.29, 1.82) is 0 Å². The van der Waals surface area contributed by atoms with Gasteiger partial charge in [0.05, 0.1) is 26.5 Å². The molecule has 1 aliphatic rings. The van der Waals surface area contributed by atoms with Gasteiger partial charge in [0.2, 0.25) is 0 Å². The van der Waals surface area contributed by atoms with E-state index >= 15 is 0 Å². The maximum Gasteiger partial charge on any atom is 0.152 e. The van der Waals surface area contributed by atoms with E-state index in [0.717, 1.165) is 6.42 Å². The monoisotopic (exact) mass is 384 g/mol. The highest BCUT2D eigenvalue weighted by Gasteiger charge is 2.25. The van der Waals surface area contributed by atoms with Gasteiger partial charge >= 0.3 is 0 Å². The predicted octanol–water partition coefficient (Wildman–Crippen LogP) is 2.00. The van der Waals surface area contributed by atoms with E-state index < -0.39 is 9.84 Å². The van der Waals surface area contributed by atoms with Crippen molar-refractivity contribution in [1.82, 2.24) is 0 Å². The molecule has 0 aliphatic carbocycles. The summed E-state index contributed by atoms with van der Waals surface area (Å²) >= 11 is 1.86. The van der Waals surface area contributed by atoms with Gasteiger partial charge < -0.3 is 11.1 Å². The van der Waals surface area contributed by atoms with Crippen molar-refractivity contribution in [2.24, 2.45) is 0 Å². The molecule has 0 saturated carbocycles. The third kappa shape index (κ3) is 3.25. The molecule has 1 fully saturated rings. The summed E-state index contributed by atoms with van der Waals surface area (Å²) in [6.45, 7) is 0. The third-order valence-electron chi connectivity index (χ3n) is 2.92. The van der Waals surface area contributed by atoms with Crippen LogP contribution in [0.4, 0.5) is 15.8 Å². The zero-order chi connectivity index (χ0) is 13.3. The van der Waals surface area contributed by atoms with E-state index in [1.165, 1.54) is 12.1 Å². The fraction of sp³-hybridized carbons (Fsp3) is 0.455. The lowest BCUT2D eigenvalue weighted by molar-refractivity contribution is 0.562. The molecule has 0 radical (unpaired) electrons. The molecule has 2 rings (SSSR count). The summed E-state index contributed by atoms with van der Waals surface area (Å²) in [7, 11) is -2.98. The van der Waals surface area contributed by atoms with Gasteiger partial charge in [-0.3, -0.25) is 0 Å². The van der Waals surface area contributed by atoms with Crippen molar-refractivity contribution in [3.05, 3.63) is 21.5 Å². The van der Waals surface area contributed by atoms with E-state index in [-0.39, 0.29) is 23.4 Å². The number of hydrogen-bond acceptors (Lipinski definition) is 4. The van der Waals surface area contributed by atoms with E-state index in [4.69, 9.17) is 5.73 Å². The third-order valence-corrected chi connectivity index (χ3v) is 5.56. The van der Waals surface area contributed by atoms with Gasteiger partial charge in [-0.25, -0.2) is 12.8 Å². The number of benzene rings is 1. The van der Waals surface area contributed by atoms with E-state index in [1.54, 1.807) is 0 Å². The Morgan fingerprint density at radius 2 is 2.17 bits per heavy atom. The maximum absolute atomic E-state index is 13.4. The van der Waals surface area contributed by atoms with Gasteiger partial charge in [-0.05, 0) is 41.5 Å². The molecule has 0 bridgehead atoms. The summed E-state index contributed by atoms with van der Waals surface area (Å²) in [5.74, 6) is -0.0344. The van der Waals surface area contributed by atoms with Gasteiger partial charge in [-0.2, -0.15) is 0 Å². The number of anilines is 2. The fourth-order valence-electron chi connectivity index (χ4n) is 2.04. The van der Waals surface area contributed by atoms with Crippen molar-refractivity contribution in [3.8, 4) is 0 Å². The first-order valence-corrected chi connectivity index (χ1v) is 8.49. The molecule has 18 heavy (non-hydrogen) atoms. The second-order valence-electron chi connectivity index (χ2n) is 4.45. The molecule has 4 nitrogen and oxygen atoms in total. The lowest BCUT2D eigenvalue weighted by atomic mass is 10.1. The molecular formula is C11H14FIN2O2S. The Morgan fingerprint density at radius 3 is 2.83 bits per heavy atom. The lowest BCUT2D eigenvalue weighted by Gasteiger charge is -2.24. The zero-order valence-electron chi connectivity index (χ0n) is 9.62. The number of rotatable bonds is 2. The van der Waals surface area contributed by atoms with E-state index in [2.05, 4.69) is 5.32 Å². The molecule has 1 aromatic rings. The van der Waals surface area contributed by atoms with Gasteiger partial charge in [0.15, 0.2) is 9.84 Å². The first-order chi connectivity index (χ1) is 8.37. The minimum Gasteiger partial charge on any atom is -0.397 e. The Balaban J connectivity index is 2.17. The van der Waals surface area contributed by atoms with E-state index in [9.17, 15) is 12.8 Å². The van der Waals surface area contributed by atoms with Crippen LogP contribution in [0.2, 0.25) is 0 Å². The highest BCUT2D eigenvalue weighted by Crippen LogP contribution is 2.26. The smallest absolute Gasteiger partial charge is 0.152 e. The Kier molecular flexibility index (Phi) is 4.00. The molecule has 0 aromatic heterocycles. The molecule has 1 unspecified atom stereocenters. The van der Waals surface area contributed by atoms with E-state index in [0.29, 0.717) is 21.4 Å². The number of nitrogens with one attached hydrogen (secondary N) is 1. The minimum absolute atomic E-state index is 0.0834. The Bertz CT molecular complexity index is 562. The van der Waals surface area contributed by atoms with Gasteiger partial charge in [-0.1, -0.05) is 0 Å². The SMILES string of the molecule is Nc1cc(I)c(F)cc1NC1CCCS(=O)(=O)C1. The molecule has 1 atom stereocenters. The van der Waals surface area contributed by atoms with Crippen LogP contribution in [-0.2, 0) is 9.84 Å². The molecule has 3 N–H and O–H groups in total. The summed E-state index contributed by atoms with van der Waals surface area (Å²) < 4.78 is 36.9. The largest absolute Gasteiger partial charge is 0.397 e. The topological polar surface area (TPSA) is 72.2 Å². The zero-order valence-corrected chi connectivity index (χ0v) is 12.6. The summed E-state index contributed by atoms with van der Waals surface area (Å²) in [5.41, 5.74) is 6.69. The average Bonchev–Trinajstić information content (AvgIpc) is 2.24. The van der Waals surface area contributed by atoms with E-state index in [1.807, 2.05) is 22.6 Å². The van der Waals surface area contributed by atoms with Gasteiger partial charge in [0.25, 0.3) is 0 Å². The Labute approximate surface area is 119 Å². The van der Waals surface area contributed by atoms with Crippen LogP contribution in [0.25, 0.3) is 0 Å². The number of halogens is 2. The standard InChI is InChI=1S/C11H14FIN2O2S/c12-8-4-11(10(14)5-9(8)13)15-7-2-1-3-18(16,17)6-7/h4-5,7,15H,1-3,6,14H2. The molecular weight excluding hydrogens is 370 g/mol. The molecule has 1 aliphatic heterocycles. The van der Waals surface area contributed by atoms with Crippen LogP contribution in [0.15, 0.2) is 12.1 Å². The van der Waals surface area contributed by atoms with Gasteiger partial charge in [0.1, 0.15) is 5.82 Å². The number of sulfone groups is 1. The van der Waals surface area contributed by atoms with Crippen LogP contribution in [0.5, 0.6) is 0 Å².